The minimum Gasteiger partial charge on any atom is -0.376 e. The fourth-order valence-corrected chi connectivity index (χ4v) is 2.04. The summed E-state index contributed by atoms with van der Waals surface area (Å²) in [5.74, 6) is 0.779. The lowest BCUT2D eigenvalue weighted by Crippen LogP contribution is -2.26. The molecule has 0 spiro atoms. The lowest BCUT2D eigenvalue weighted by Gasteiger charge is -2.23. The molecule has 0 aromatic carbocycles. The largest absolute Gasteiger partial charge is 0.376 e. The van der Waals surface area contributed by atoms with Crippen LogP contribution in [0.15, 0.2) is 0 Å². The fraction of sp³-hybridized carbons (Fsp3) is 1.00. The molecule has 0 radical (unpaired) electrons. The van der Waals surface area contributed by atoms with Gasteiger partial charge in [0.2, 0.25) is 0 Å². The van der Waals surface area contributed by atoms with E-state index in [0.717, 1.165) is 18.6 Å². The van der Waals surface area contributed by atoms with E-state index < -0.39 is 0 Å². The molecule has 0 aliphatic heterocycles. The van der Waals surface area contributed by atoms with Gasteiger partial charge in [-0.2, -0.15) is 0 Å². The lowest BCUT2D eigenvalue weighted by molar-refractivity contribution is -0.0218. The van der Waals surface area contributed by atoms with E-state index in [4.69, 9.17) is 4.74 Å². The van der Waals surface area contributed by atoms with Gasteiger partial charge in [-0.1, -0.05) is 0 Å². The summed E-state index contributed by atoms with van der Waals surface area (Å²) >= 11 is 0. The molecular formula is C12H25NO. The van der Waals surface area contributed by atoms with Crippen LogP contribution in [0.5, 0.6) is 0 Å². The molecule has 2 nitrogen and oxygen atoms in total. The summed E-state index contributed by atoms with van der Waals surface area (Å²) in [5, 5.41) is 0. The SMILES string of the molecule is CN(C)[C@@H]1CC[C@@H](COC(C)(C)C)C1. The Morgan fingerprint density at radius 3 is 2.29 bits per heavy atom. The average molecular weight is 199 g/mol. The Morgan fingerprint density at radius 1 is 1.21 bits per heavy atom. The number of ether oxygens (including phenoxy) is 1. The summed E-state index contributed by atoms with van der Waals surface area (Å²) in [5.41, 5.74) is 0.0240. The van der Waals surface area contributed by atoms with Gasteiger partial charge in [-0.05, 0) is 60.0 Å². The van der Waals surface area contributed by atoms with Crippen LogP contribution in [0.3, 0.4) is 0 Å². The van der Waals surface area contributed by atoms with Crippen molar-refractivity contribution in [3.05, 3.63) is 0 Å². The van der Waals surface area contributed by atoms with Crippen LogP contribution in [0.4, 0.5) is 0 Å². The van der Waals surface area contributed by atoms with E-state index in [1.807, 2.05) is 0 Å². The van der Waals surface area contributed by atoms with Crippen molar-refractivity contribution in [3.63, 3.8) is 0 Å². The van der Waals surface area contributed by atoms with E-state index in [1.165, 1.54) is 19.3 Å². The highest BCUT2D eigenvalue weighted by molar-refractivity contribution is 4.80. The molecule has 0 saturated heterocycles. The Bertz CT molecular complexity index is 172. The Balaban J connectivity index is 2.23. The van der Waals surface area contributed by atoms with Gasteiger partial charge in [0.1, 0.15) is 0 Å². The molecule has 0 N–H and O–H groups in total. The highest BCUT2D eigenvalue weighted by Gasteiger charge is 2.27. The van der Waals surface area contributed by atoms with Crippen molar-refractivity contribution in [2.45, 2.75) is 51.7 Å². The van der Waals surface area contributed by atoms with Gasteiger partial charge in [-0.15, -0.1) is 0 Å². The monoisotopic (exact) mass is 199 g/mol. The van der Waals surface area contributed by atoms with E-state index in [2.05, 4.69) is 39.8 Å². The summed E-state index contributed by atoms with van der Waals surface area (Å²) in [6.45, 7) is 7.33. The molecule has 0 bridgehead atoms. The molecule has 0 heterocycles. The third-order valence-electron chi connectivity index (χ3n) is 3.00. The zero-order valence-electron chi connectivity index (χ0n) is 10.3. The van der Waals surface area contributed by atoms with Gasteiger partial charge in [0.15, 0.2) is 0 Å². The molecule has 84 valence electrons. The molecule has 1 rings (SSSR count). The zero-order chi connectivity index (χ0) is 10.8. The molecule has 14 heavy (non-hydrogen) atoms. The zero-order valence-corrected chi connectivity index (χ0v) is 10.3. The summed E-state index contributed by atoms with van der Waals surface area (Å²) in [7, 11) is 4.36. The molecule has 0 unspecified atom stereocenters. The molecule has 1 fully saturated rings. The van der Waals surface area contributed by atoms with Crippen LogP contribution in [0.1, 0.15) is 40.0 Å². The van der Waals surface area contributed by atoms with Gasteiger partial charge in [0.25, 0.3) is 0 Å². The molecule has 1 aliphatic rings. The van der Waals surface area contributed by atoms with E-state index in [9.17, 15) is 0 Å². The maximum absolute atomic E-state index is 5.82. The first-order chi connectivity index (χ1) is 6.38. The minimum atomic E-state index is 0.0240. The normalized spacial score (nSPS) is 28.7. The molecule has 1 aliphatic carbocycles. The number of nitrogens with zero attached hydrogens (tertiary/aromatic N) is 1. The lowest BCUT2D eigenvalue weighted by atomic mass is 10.1. The third-order valence-corrected chi connectivity index (χ3v) is 3.00. The van der Waals surface area contributed by atoms with E-state index >= 15 is 0 Å². The van der Waals surface area contributed by atoms with Crippen molar-refractivity contribution in [1.29, 1.82) is 0 Å². The predicted octanol–water partition coefficient (Wildman–Crippen LogP) is 2.53. The first-order valence-electron chi connectivity index (χ1n) is 5.69. The van der Waals surface area contributed by atoms with Crippen molar-refractivity contribution in [1.82, 2.24) is 4.90 Å². The van der Waals surface area contributed by atoms with Crippen LogP contribution in [-0.4, -0.2) is 37.2 Å². The van der Waals surface area contributed by atoms with Gasteiger partial charge in [-0.3, -0.25) is 0 Å². The Morgan fingerprint density at radius 2 is 1.86 bits per heavy atom. The van der Waals surface area contributed by atoms with Crippen LogP contribution < -0.4 is 0 Å². The second kappa shape index (κ2) is 4.63. The molecule has 0 aromatic heterocycles. The summed E-state index contributed by atoms with van der Waals surface area (Å²) in [6, 6.07) is 0.781. The predicted molar refractivity (Wildman–Crippen MR) is 60.5 cm³/mol. The highest BCUT2D eigenvalue weighted by atomic mass is 16.5. The molecule has 2 heteroatoms. The molecule has 0 aromatic rings. The van der Waals surface area contributed by atoms with Crippen molar-refractivity contribution in [3.8, 4) is 0 Å². The Hall–Kier alpha value is -0.0800. The standard InChI is InChI=1S/C12H25NO/c1-12(2,3)14-9-10-6-7-11(8-10)13(4)5/h10-11H,6-9H2,1-5H3/t10-,11-/m1/s1. The third kappa shape index (κ3) is 3.97. The minimum absolute atomic E-state index is 0.0240. The second-order valence-corrected chi connectivity index (χ2v) is 5.72. The Labute approximate surface area is 88.6 Å². The highest BCUT2D eigenvalue weighted by Crippen LogP contribution is 2.29. The van der Waals surface area contributed by atoms with Gasteiger partial charge in [0, 0.05) is 6.04 Å². The van der Waals surface area contributed by atoms with Crippen molar-refractivity contribution < 1.29 is 4.74 Å². The van der Waals surface area contributed by atoms with Crippen molar-refractivity contribution in [2.24, 2.45) is 5.92 Å². The molecule has 2 atom stereocenters. The van der Waals surface area contributed by atoms with E-state index in [-0.39, 0.29) is 5.60 Å². The smallest absolute Gasteiger partial charge is 0.0598 e. The fourth-order valence-electron chi connectivity index (χ4n) is 2.04. The van der Waals surface area contributed by atoms with Crippen LogP contribution in [0.2, 0.25) is 0 Å². The van der Waals surface area contributed by atoms with Gasteiger partial charge >= 0.3 is 0 Å². The van der Waals surface area contributed by atoms with Crippen molar-refractivity contribution >= 4 is 0 Å². The van der Waals surface area contributed by atoms with E-state index in [1.54, 1.807) is 0 Å². The quantitative estimate of drug-likeness (QED) is 0.692. The van der Waals surface area contributed by atoms with Crippen LogP contribution >= 0.6 is 0 Å². The molecule has 0 amide bonds. The number of hydrogen-bond acceptors (Lipinski definition) is 2. The van der Waals surface area contributed by atoms with Gasteiger partial charge < -0.3 is 9.64 Å². The van der Waals surface area contributed by atoms with Crippen molar-refractivity contribution in [2.75, 3.05) is 20.7 Å². The van der Waals surface area contributed by atoms with Gasteiger partial charge in [-0.25, -0.2) is 0 Å². The number of rotatable bonds is 3. The maximum atomic E-state index is 5.82. The van der Waals surface area contributed by atoms with Crippen LogP contribution in [0, 0.1) is 5.92 Å². The maximum Gasteiger partial charge on any atom is 0.0598 e. The topological polar surface area (TPSA) is 12.5 Å². The van der Waals surface area contributed by atoms with Crippen LogP contribution in [-0.2, 0) is 4.74 Å². The summed E-state index contributed by atoms with van der Waals surface area (Å²) in [6.07, 6.45) is 3.98. The first-order valence-corrected chi connectivity index (χ1v) is 5.69. The molecular weight excluding hydrogens is 174 g/mol. The summed E-state index contributed by atoms with van der Waals surface area (Å²) in [4.78, 5) is 2.34. The van der Waals surface area contributed by atoms with Gasteiger partial charge in [0.05, 0.1) is 12.2 Å². The average Bonchev–Trinajstić information content (AvgIpc) is 2.47. The first kappa shape index (κ1) is 12.0. The second-order valence-electron chi connectivity index (χ2n) is 5.72. The van der Waals surface area contributed by atoms with E-state index in [0.29, 0.717) is 0 Å². The number of hydrogen-bond donors (Lipinski definition) is 0. The summed E-state index contributed by atoms with van der Waals surface area (Å²) < 4.78 is 5.82. The Kier molecular flexibility index (Phi) is 3.96. The molecule has 1 saturated carbocycles. The van der Waals surface area contributed by atoms with Crippen LogP contribution in [0.25, 0.3) is 0 Å².